The summed E-state index contributed by atoms with van der Waals surface area (Å²) in [5, 5.41) is 0.646. The number of halogens is 2. The maximum absolute atomic E-state index is 11.8. The summed E-state index contributed by atoms with van der Waals surface area (Å²) in [5.74, 6) is 0. The molecule has 0 nitrogen and oxygen atoms in total. The van der Waals surface area contributed by atoms with Gasteiger partial charge in [0.15, 0.2) is 0 Å². The van der Waals surface area contributed by atoms with Crippen LogP contribution in [-0.2, 0) is 0 Å². The lowest BCUT2D eigenvalue weighted by molar-refractivity contribution is 0.885. The Balaban J connectivity index is 2.88. The molecule has 0 unspecified atom stereocenters. The third-order valence-corrected chi connectivity index (χ3v) is 1.32. The summed E-state index contributed by atoms with van der Waals surface area (Å²) in [6.07, 6.45) is 0. The van der Waals surface area contributed by atoms with E-state index in [1.807, 2.05) is 0 Å². The van der Waals surface area contributed by atoms with E-state index in [1.54, 1.807) is 24.3 Å². The highest BCUT2D eigenvalue weighted by atomic mass is 35.5. The zero-order valence-electron chi connectivity index (χ0n) is 4.77. The van der Waals surface area contributed by atoms with Gasteiger partial charge in [-0.1, -0.05) is 23.7 Å². The van der Waals surface area contributed by atoms with E-state index < -0.39 is 7.56 Å². The Kier molecular flexibility index (Phi) is 2.12. The van der Waals surface area contributed by atoms with Crippen LogP contribution in [0.4, 0.5) is 4.32 Å². The molecule has 0 atom stereocenters. The van der Waals surface area contributed by atoms with Gasteiger partial charge < -0.3 is 4.32 Å². The second kappa shape index (κ2) is 2.88. The second-order valence-corrected chi connectivity index (χ2v) is 2.20. The van der Waals surface area contributed by atoms with Crippen molar-refractivity contribution >= 4 is 24.6 Å². The van der Waals surface area contributed by atoms with Crippen LogP contribution >= 0.6 is 11.6 Å². The van der Waals surface area contributed by atoms with E-state index >= 15 is 0 Å². The lowest BCUT2D eigenvalue weighted by atomic mass is 9.92. The fourth-order valence-corrected chi connectivity index (χ4v) is 0.699. The molecule has 0 aliphatic carbocycles. The van der Waals surface area contributed by atoms with Crippen molar-refractivity contribution in [3.8, 4) is 0 Å². The fourth-order valence-electron chi connectivity index (χ4n) is 0.573. The molecule has 3 heteroatoms. The van der Waals surface area contributed by atoms with E-state index in [-0.39, 0.29) is 0 Å². The lowest BCUT2D eigenvalue weighted by Crippen LogP contribution is -2.07. The molecular formula is C6H5BClF. The molecule has 0 saturated carbocycles. The monoisotopic (exact) mass is 142 g/mol. The van der Waals surface area contributed by atoms with E-state index in [1.165, 1.54) is 0 Å². The fraction of sp³-hybridized carbons (Fsp3) is 0. The molecule has 0 saturated heterocycles. The van der Waals surface area contributed by atoms with Crippen LogP contribution in [0.25, 0.3) is 0 Å². The molecule has 1 aromatic carbocycles. The topological polar surface area (TPSA) is 0 Å². The molecule has 0 aliphatic heterocycles. The summed E-state index contributed by atoms with van der Waals surface area (Å²) >= 11 is 5.55. The molecule has 0 fully saturated rings. The minimum absolute atomic E-state index is 0.419. The van der Waals surface area contributed by atoms with Crippen molar-refractivity contribution in [2.45, 2.75) is 0 Å². The number of rotatable bonds is 1. The van der Waals surface area contributed by atoms with Gasteiger partial charge in [0.25, 0.3) is 0 Å². The Morgan fingerprint density at radius 3 is 2.22 bits per heavy atom. The van der Waals surface area contributed by atoms with Gasteiger partial charge in [-0.3, -0.25) is 0 Å². The highest BCUT2D eigenvalue weighted by molar-refractivity contribution is 6.46. The molecule has 0 heterocycles. The summed E-state index contributed by atoms with van der Waals surface area (Å²) in [6.45, 7) is 0. The lowest BCUT2D eigenvalue weighted by Gasteiger charge is -1.89. The molecule has 1 aromatic rings. The maximum atomic E-state index is 11.8. The van der Waals surface area contributed by atoms with E-state index in [2.05, 4.69) is 0 Å². The van der Waals surface area contributed by atoms with Crippen LogP contribution in [0.2, 0.25) is 5.02 Å². The first-order chi connectivity index (χ1) is 4.33. The molecule has 46 valence electrons. The van der Waals surface area contributed by atoms with Gasteiger partial charge in [0.05, 0.1) is 0 Å². The Bertz CT molecular complexity index is 185. The number of hydrogen-bond acceptors (Lipinski definition) is 0. The van der Waals surface area contributed by atoms with Crippen LogP contribution in [0.15, 0.2) is 24.3 Å². The van der Waals surface area contributed by atoms with Gasteiger partial charge in [-0.15, -0.1) is 0 Å². The minimum Gasteiger partial charge on any atom is -0.335 e. The van der Waals surface area contributed by atoms with Gasteiger partial charge in [-0.25, -0.2) is 0 Å². The predicted molar refractivity (Wildman–Crippen MR) is 39.3 cm³/mol. The van der Waals surface area contributed by atoms with Crippen molar-refractivity contribution in [2.75, 3.05) is 0 Å². The second-order valence-electron chi connectivity index (χ2n) is 1.76. The summed E-state index contributed by atoms with van der Waals surface area (Å²) in [4.78, 5) is 0. The van der Waals surface area contributed by atoms with Crippen molar-refractivity contribution < 1.29 is 4.32 Å². The van der Waals surface area contributed by atoms with Crippen LogP contribution < -0.4 is 5.46 Å². The van der Waals surface area contributed by atoms with Crippen LogP contribution in [-0.4, -0.2) is 7.56 Å². The highest BCUT2D eigenvalue weighted by Gasteiger charge is 1.91. The molecule has 0 N–H and O–H groups in total. The molecule has 0 aromatic heterocycles. The smallest absolute Gasteiger partial charge is 0.335 e. The third kappa shape index (κ3) is 1.72. The first kappa shape index (κ1) is 6.62. The summed E-state index contributed by atoms with van der Waals surface area (Å²) in [7, 11) is -0.419. The van der Waals surface area contributed by atoms with Crippen LogP contribution in [0, 0.1) is 0 Å². The molecule has 0 bridgehead atoms. The van der Waals surface area contributed by atoms with Gasteiger partial charge in [0.2, 0.25) is 0 Å². The van der Waals surface area contributed by atoms with Crippen molar-refractivity contribution in [3.05, 3.63) is 29.3 Å². The van der Waals surface area contributed by atoms with Gasteiger partial charge in [0, 0.05) is 5.02 Å². The van der Waals surface area contributed by atoms with Crippen molar-refractivity contribution in [2.24, 2.45) is 0 Å². The third-order valence-electron chi connectivity index (χ3n) is 1.07. The van der Waals surface area contributed by atoms with E-state index in [0.29, 0.717) is 10.5 Å². The molecule has 0 amide bonds. The van der Waals surface area contributed by atoms with Gasteiger partial charge >= 0.3 is 7.56 Å². The SMILES string of the molecule is FBc1ccc(Cl)cc1. The van der Waals surface area contributed by atoms with Crippen molar-refractivity contribution in [3.63, 3.8) is 0 Å². The standard InChI is InChI=1S/C6H5BClF/c8-6-3-1-5(7-9)2-4-6/h1-4,7H. The zero-order chi connectivity index (χ0) is 6.69. The molecular weight excluding hydrogens is 137 g/mol. The summed E-state index contributed by atoms with van der Waals surface area (Å²) < 4.78 is 11.8. The maximum Gasteiger partial charge on any atom is 0.364 e. The average Bonchev–Trinajstić information content (AvgIpc) is 1.90. The Labute approximate surface area is 58.9 Å². The largest absolute Gasteiger partial charge is 0.364 e. The zero-order valence-corrected chi connectivity index (χ0v) is 5.53. The van der Waals surface area contributed by atoms with Crippen molar-refractivity contribution in [1.29, 1.82) is 0 Å². The first-order valence-electron chi connectivity index (χ1n) is 2.63. The normalized spacial score (nSPS) is 9.11. The minimum atomic E-state index is -0.419. The average molecular weight is 142 g/mol. The van der Waals surface area contributed by atoms with Crippen LogP contribution in [0.5, 0.6) is 0 Å². The van der Waals surface area contributed by atoms with Crippen LogP contribution in [0.3, 0.4) is 0 Å². The molecule has 0 spiro atoms. The summed E-state index contributed by atoms with van der Waals surface area (Å²) in [6, 6.07) is 6.69. The highest BCUT2D eigenvalue weighted by Crippen LogP contribution is 2.02. The Morgan fingerprint density at radius 2 is 1.78 bits per heavy atom. The van der Waals surface area contributed by atoms with E-state index in [9.17, 15) is 4.32 Å². The molecule has 1 rings (SSSR count). The quantitative estimate of drug-likeness (QED) is 0.518. The van der Waals surface area contributed by atoms with Gasteiger partial charge in [-0.05, 0) is 17.6 Å². The predicted octanol–water partition coefficient (Wildman–Crippen LogP) is 1.29. The number of hydrogen-bond donors (Lipinski definition) is 0. The van der Waals surface area contributed by atoms with E-state index in [4.69, 9.17) is 11.6 Å². The van der Waals surface area contributed by atoms with Gasteiger partial charge in [0.1, 0.15) is 0 Å². The van der Waals surface area contributed by atoms with Crippen molar-refractivity contribution in [1.82, 2.24) is 0 Å². The van der Waals surface area contributed by atoms with Crippen LogP contribution in [0.1, 0.15) is 0 Å². The number of benzene rings is 1. The first-order valence-corrected chi connectivity index (χ1v) is 3.01. The van der Waals surface area contributed by atoms with E-state index in [0.717, 1.165) is 0 Å². The molecule has 0 aliphatic rings. The molecule has 9 heavy (non-hydrogen) atoms. The Hall–Kier alpha value is -0.495. The molecule has 0 radical (unpaired) electrons. The summed E-state index contributed by atoms with van der Waals surface area (Å²) in [5.41, 5.74) is 0.666. The Morgan fingerprint density at radius 1 is 1.22 bits per heavy atom. The van der Waals surface area contributed by atoms with Gasteiger partial charge in [-0.2, -0.15) is 0 Å².